The van der Waals surface area contributed by atoms with Crippen molar-refractivity contribution < 1.29 is 9.66 Å². The van der Waals surface area contributed by atoms with Gasteiger partial charge < -0.3 is 10.5 Å². The zero-order valence-corrected chi connectivity index (χ0v) is 9.77. The summed E-state index contributed by atoms with van der Waals surface area (Å²) in [6.07, 6.45) is -0.00649. The first-order chi connectivity index (χ1) is 7.95. The normalized spacial score (nSPS) is 11.9. The Kier molecular flexibility index (Phi) is 4.03. The van der Waals surface area contributed by atoms with Gasteiger partial charge >= 0.3 is 0 Å². The molecule has 0 spiro atoms. The average Bonchev–Trinajstić information content (AvgIpc) is 2.27. The average molecular weight is 237 g/mol. The Hall–Kier alpha value is -2.11. The van der Waals surface area contributed by atoms with Crippen molar-refractivity contribution in [3.63, 3.8) is 0 Å². The van der Waals surface area contributed by atoms with E-state index in [1.807, 2.05) is 6.92 Å². The molecule has 6 nitrogen and oxygen atoms in total. The minimum atomic E-state index is -0.546. The molecule has 0 saturated carbocycles. The summed E-state index contributed by atoms with van der Waals surface area (Å²) in [6.45, 7) is 3.62. The fourth-order valence-corrected chi connectivity index (χ4v) is 1.35. The van der Waals surface area contributed by atoms with Gasteiger partial charge in [0.05, 0.1) is 11.0 Å². The van der Waals surface area contributed by atoms with Gasteiger partial charge in [-0.25, -0.2) is 0 Å². The second-order valence-corrected chi connectivity index (χ2v) is 3.68. The number of nitrogens with zero attached hydrogens (tertiary/aromatic N) is 1. The standard InChI is InChI=1S/C11H15N3O3/c1-3-9(11(12)13)17-10-6-8(14(15)16)5-4-7(10)2/h4-6,9H,3H2,1-2H3,(H3,12,13). The van der Waals surface area contributed by atoms with E-state index in [2.05, 4.69) is 0 Å². The van der Waals surface area contributed by atoms with Crippen molar-refractivity contribution in [2.75, 3.05) is 0 Å². The van der Waals surface area contributed by atoms with E-state index in [-0.39, 0.29) is 11.5 Å². The van der Waals surface area contributed by atoms with Gasteiger partial charge in [0.1, 0.15) is 11.6 Å². The lowest BCUT2D eigenvalue weighted by molar-refractivity contribution is -0.385. The molecule has 0 aliphatic carbocycles. The molecule has 17 heavy (non-hydrogen) atoms. The summed E-state index contributed by atoms with van der Waals surface area (Å²) < 4.78 is 5.49. The number of amidine groups is 1. The Labute approximate surface area is 99.0 Å². The third kappa shape index (κ3) is 3.17. The van der Waals surface area contributed by atoms with Gasteiger partial charge in [-0.2, -0.15) is 0 Å². The van der Waals surface area contributed by atoms with Gasteiger partial charge in [0.2, 0.25) is 0 Å². The monoisotopic (exact) mass is 237 g/mol. The number of hydrogen-bond acceptors (Lipinski definition) is 4. The number of ether oxygens (including phenoxy) is 1. The summed E-state index contributed by atoms with van der Waals surface area (Å²) in [5.41, 5.74) is 6.10. The van der Waals surface area contributed by atoms with Gasteiger partial charge in [-0.05, 0) is 25.0 Å². The first-order valence-electron chi connectivity index (χ1n) is 5.21. The summed E-state index contributed by atoms with van der Waals surface area (Å²) in [4.78, 5) is 10.2. The van der Waals surface area contributed by atoms with Crippen LogP contribution in [0.4, 0.5) is 5.69 Å². The Morgan fingerprint density at radius 3 is 2.76 bits per heavy atom. The minimum Gasteiger partial charge on any atom is -0.482 e. The smallest absolute Gasteiger partial charge is 0.273 e. The molecule has 0 fully saturated rings. The zero-order valence-electron chi connectivity index (χ0n) is 9.77. The maximum absolute atomic E-state index is 10.6. The maximum Gasteiger partial charge on any atom is 0.273 e. The van der Waals surface area contributed by atoms with Crippen LogP contribution in [0.15, 0.2) is 18.2 Å². The summed E-state index contributed by atoms with van der Waals surface area (Å²) in [6, 6.07) is 4.37. The number of hydrogen-bond donors (Lipinski definition) is 2. The summed E-state index contributed by atoms with van der Waals surface area (Å²) >= 11 is 0. The Balaban J connectivity index is 3.00. The number of aryl methyl sites for hydroxylation is 1. The SMILES string of the molecule is CCC(Oc1cc([N+](=O)[O-])ccc1C)C(=N)N. The first-order valence-corrected chi connectivity index (χ1v) is 5.21. The van der Waals surface area contributed by atoms with E-state index >= 15 is 0 Å². The van der Waals surface area contributed by atoms with Crippen molar-refractivity contribution in [2.24, 2.45) is 5.73 Å². The molecule has 1 aromatic rings. The van der Waals surface area contributed by atoms with Gasteiger partial charge in [-0.1, -0.05) is 6.92 Å². The lowest BCUT2D eigenvalue weighted by Gasteiger charge is -2.17. The van der Waals surface area contributed by atoms with Gasteiger partial charge in [-0.15, -0.1) is 0 Å². The maximum atomic E-state index is 10.6. The molecule has 0 aliphatic rings. The molecule has 1 aromatic carbocycles. The van der Waals surface area contributed by atoms with Crippen molar-refractivity contribution in [1.82, 2.24) is 0 Å². The Morgan fingerprint density at radius 2 is 2.29 bits per heavy atom. The second-order valence-electron chi connectivity index (χ2n) is 3.68. The number of rotatable bonds is 5. The molecule has 6 heteroatoms. The molecular weight excluding hydrogens is 222 g/mol. The summed E-state index contributed by atoms with van der Waals surface area (Å²) in [5, 5.41) is 18.0. The van der Waals surface area contributed by atoms with E-state index in [0.29, 0.717) is 12.2 Å². The minimum absolute atomic E-state index is 0.0380. The zero-order chi connectivity index (χ0) is 13.0. The number of nitrogens with one attached hydrogen (secondary N) is 1. The third-order valence-electron chi connectivity index (χ3n) is 2.37. The highest BCUT2D eigenvalue weighted by Crippen LogP contribution is 2.25. The van der Waals surface area contributed by atoms with Crippen LogP contribution < -0.4 is 10.5 Å². The number of nitrogens with two attached hydrogens (primary N) is 1. The Bertz CT molecular complexity index is 446. The molecule has 1 unspecified atom stereocenters. The predicted octanol–water partition coefficient (Wildman–Crippen LogP) is 2.00. The van der Waals surface area contributed by atoms with Crippen molar-refractivity contribution in [3.8, 4) is 5.75 Å². The van der Waals surface area contributed by atoms with Crippen LogP contribution in [0.25, 0.3) is 0 Å². The van der Waals surface area contributed by atoms with Crippen LogP contribution in [0.3, 0.4) is 0 Å². The predicted molar refractivity (Wildman–Crippen MR) is 64.5 cm³/mol. The van der Waals surface area contributed by atoms with Crippen LogP contribution >= 0.6 is 0 Å². The van der Waals surface area contributed by atoms with E-state index in [9.17, 15) is 10.1 Å². The van der Waals surface area contributed by atoms with Crippen molar-refractivity contribution in [3.05, 3.63) is 33.9 Å². The van der Waals surface area contributed by atoms with Crippen LogP contribution in [0, 0.1) is 22.4 Å². The van der Waals surface area contributed by atoms with Gasteiger partial charge in [0.15, 0.2) is 6.10 Å². The number of nitro groups is 1. The molecule has 1 rings (SSSR count). The van der Waals surface area contributed by atoms with Crippen molar-refractivity contribution in [1.29, 1.82) is 5.41 Å². The lowest BCUT2D eigenvalue weighted by atomic mass is 10.2. The summed E-state index contributed by atoms with van der Waals surface area (Å²) in [5.74, 6) is 0.305. The molecule has 0 heterocycles. The molecule has 92 valence electrons. The van der Waals surface area contributed by atoms with Crippen LogP contribution in [0.2, 0.25) is 0 Å². The molecule has 0 bridgehead atoms. The highest BCUT2D eigenvalue weighted by atomic mass is 16.6. The number of nitro benzene ring substituents is 1. The highest BCUT2D eigenvalue weighted by Gasteiger charge is 2.15. The molecule has 0 aromatic heterocycles. The van der Waals surface area contributed by atoms with E-state index in [1.54, 1.807) is 13.0 Å². The molecule has 0 saturated heterocycles. The molecule has 0 aliphatic heterocycles. The largest absolute Gasteiger partial charge is 0.482 e. The first kappa shape index (κ1) is 13.0. The molecule has 0 amide bonds. The summed E-state index contributed by atoms with van der Waals surface area (Å²) in [7, 11) is 0. The van der Waals surface area contributed by atoms with Crippen molar-refractivity contribution in [2.45, 2.75) is 26.4 Å². The molecule has 3 N–H and O–H groups in total. The van der Waals surface area contributed by atoms with E-state index in [1.165, 1.54) is 12.1 Å². The number of benzene rings is 1. The molecule has 1 atom stereocenters. The van der Waals surface area contributed by atoms with E-state index in [0.717, 1.165) is 5.56 Å². The lowest BCUT2D eigenvalue weighted by Crippen LogP contribution is -2.32. The third-order valence-corrected chi connectivity index (χ3v) is 2.37. The highest BCUT2D eigenvalue weighted by molar-refractivity contribution is 5.82. The van der Waals surface area contributed by atoms with Crippen molar-refractivity contribution >= 4 is 11.5 Å². The topological polar surface area (TPSA) is 102 Å². The van der Waals surface area contributed by atoms with Gasteiger partial charge in [0.25, 0.3) is 5.69 Å². The van der Waals surface area contributed by atoms with Crippen LogP contribution in [0.5, 0.6) is 5.75 Å². The second kappa shape index (κ2) is 5.29. The number of non-ortho nitro benzene ring substituents is 1. The van der Waals surface area contributed by atoms with E-state index < -0.39 is 11.0 Å². The fourth-order valence-electron chi connectivity index (χ4n) is 1.35. The molecule has 0 radical (unpaired) electrons. The van der Waals surface area contributed by atoms with Crippen LogP contribution in [-0.2, 0) is 0 Å². The fraction of sp³-hybridized carbons (Fsp3) is 0.364. The molecular formula is C11H15N3O3. The van der Waals surface area contributed by atoms with Gasteiger partial charge in [-0.3, -0.25) is 15.5 Å². The van der Waals surface area contributed by atoms with E-state index in [4.69, 9.17) is 15.9 Å². The quantitative estimate of drug-likeness (QED) is 0.354. The Morgan fingerprint density at radius 1 is 1.65 bits per heavy atom. The van der Waals surface area contributed by atoms with Crippen LogP contribution in [-0.4, -0.2) is 16.9 Å². The van der Waals surface area contributed by atoms with Crippen LogP contribution in [0.1, 0.15) is 18.9 Å². The van der Waals surface area contributed by atoms with Gasteiger partial charge in [0, 0.05) is 6.07 Å².